The highest BCUT2D eigenvalue weighted by molar-refractivity contribution is 5.91. The number of amides is 2. The van der Waals surface area contributed by atoms with Crippen LogP contribution in [-0.4, -0.2) is 17.9 Å². The highest BCUT2D eigenvalue weighted by Crippen LogP contribution is 2.40. The first-order valence-corrected chi connectivity index (χ1v) is 9.83. The number of hydrazine groups is 1. The summed E-state index contributed by atoms with van der Waals surface area (Å²) in [7, 11) is 0. The lowest BCUT2D eigenvalue weighted by molar-refractivity contribution is -0.116. The van der Waals surface area contributed by atoms with Crippen LogP contribution in [0.3, 0.4) is 0 Å². The third-order valence-electron chi connectivity index (χ3n) is 5.06. The summed E-state index contributed by atoms with van der Waals surface area (Å²) in [4.78, 5) is 23.5. The van der Waals surface area contributed by atoms with E-state index in [-0.39, 0.29) is 11.8 Å². The van der Waals surface area contributed by atoms with Gasteiger partial charge in [0.05, 0.1) is 0 Å². The van der Waals surface area contributed by atoms with Gasteiger partial charge in [-0.15, -0.1) is 0 Å². The monoisotopic (exact) mass is 380 g/mol. The van der Waals surface area contributed by atoms with Gasteiger partial charge < -0.3 is 10.6 Å². The Morgan fingerprint density at radius 3 is 2.14 bits per heavy atom. The maximum atomic E-state index is 12.2. The number of carbonyl (C=O) groups is 2. The number of hydrogen-bond donors (Lipinski definition) is 4. The molecule has 1 aliphatic rings. The lowest BCUT2D eigenvalue weighted by Crippen LogP contribution is -2.25. The minimum Gasteiger partial charge on any atom is -0.326 e. The molecule has 6 heteroatoms. The molecule has 0 bridgehead atoms. The molecule has 6 nitrogen and oxygen atoms in total. The van der Waals surface area contributed by atoms with E-state index in [2.05, 4.69) is 28.2 Å². The van der Waals surface area contributed by atoms with E-state index in [4.69, 9.17) is 5.84 Å². The van der Waals surface area contributed by atoms with Gasteiger partial charge >= 0.3 is 0 Å². The normalized spacial score (nSPS) is 17.8. The van der Waals surface area contributed by atoms with Crippen molar-refractivity contribution in [1.29, 1.82) is 0 Å². The highest BCUT2D eigenvalue weighted by Gasteiger charge is 2.37. The Balaban J connectivity index is 1.39. The number of carbonyl (C=O) groups excluding carboxylic acids is 2. The lowest BCUT2D eigenvalue weighted by atomic mass is 10.1. The van der Waals surface area contributed by atoms with Crippen molar-refractivity contribution in [2.24, 2.45) is 5.84 Å². The first kappa shape index (κ1) is 20.0. The summed E-state index contributed by atoms with van der Waals surface area (Å²) in [6.45, 7) is 1.82. The minimum absolute atomic E-state index is 0.00505. The molecule has 1 fully saturated rings. The molecule has 2 unspecified atom stereocenters. The second-order valence-corrected chi connectivity index (χ2v) is 7.24. The minimum atomic E-state index is 0.00505. The van der Waals surface area contributed by atoms with E-state index in [1.807, 2.05) is 43.3 Å². The second kappa shape index (κ2) is 9.48. The predicted octanol–water partition coefficient (Wildman–Crippen LogP) is 3.32. The van der Waals surface area contributed by atoms with Crippen LogP contribution in [0.25, 0.3) is 0 Å². The molecule has 0 radical (unpaired) electrons. The van der Waals surface area contributed by atoms with Crippen LogP contribution >= 0.6 is 0 Å². The zero-order chi connectivity index (χ0) is 19.9. The van der Waals surface area contributed by atoms with Gasteiger partial charge in [0.1, 0.15) is 0 Å². The largest absolute Gasteiger partial charge is 0.326 e. The Morgan fingerprint density at radius 2 is 1.57 bits per heavy atom. The zero-order valence-corrected chi connectivity index (χ0v) is 16.2. The van der Waals surface area contributed by atoms with Crippen molar-refractivity contribution >= 4 is 23.2 Å². The van der Waals surface area contributed by atoms with Crippen molar-refractivity contribution in [3.63, 3.8) is 0 Å². The van der Waals surface area contributed by atoms with Gasteiger partial charge in [-0.05, 0) is 54.7 Å². The number of benzene rings is 2. The summed E-state index contributed by atoms with van der Waals surface area (Å²) in [5.74, 6) is 5.96. The first-order chi connectivity index (χ1) is 13.6. The molecule has 0 spiro atoms. The Bertz CT molecular complexity index is 802. The van der Waals surface area contributed by atoms with Gasteiger partial charge in [0.2, 0.25) is 11.8 Å². The quantitative estimate of drug-likeness (QED) is 0.396. The Hall–Kier alpha value is -2.70. The molecule has 3 rings (SSSR count). The molecule has 0 heterocycles. The van der Waals surface area contributed by atoms with Crippen LogP contribution in [0.15, 0.2) is 48.5 Å². The molecular formula is C22H28N4O2. The van der Waals surface area contributed by atoms with Gasteiger partial charge in [0.15, 0.2) is 0 Å². The van der Waals surface area contributed by atoms with Gasteiger partial charge in [-0.25, -0.2) is 0 Å². The number of aryl methyl sites for hydroxylation is 1. The maximum absolute atomic E-state index is 12.2. The van der Waals surface area contributed by atoms with Crippen molar-refractivity contribution in [3.8, 4) is 0 Å². The van der Waals surface area contributed by atoms with Gasteiger partial charge in [-0.3, -0.25) is 20.9 Å². The maximum Gasteiger partial charge on any atom is 0.224 e. The van der Waals surface area contributed by atoms with Crippen molar-refractivity contribution < 1.29 is 9.59 Å². The van der Waals surface area contributed by atoms with Crippen LogP contribution in [0.2, 0.25) is 0 Å². The highest BCUT2D eigenvalue weighted by atomic mass is 16.2. The summed E-state index contributed by atoms with van der Waals surface area (Å²) in [6, 6.07) is 16.1. The summed E-state index contributed by atoms with van der Waals surface area (Å²) < 4.78 is 0. The molecule has 2 aromatic carbocycles. The van der Waals surface area contributed by atoms with E-state index < -0.39 is 0 Å². The zero-order valence-electron chi connectivity index (χ0n) is 16.2. The van der Waals surface area contributed by atoms with E-state index in [0.29, 0.717) is 24.8 Å². The standard InChI is InChI=1S/C22H28N4O2/c1-2-21(27)24-17-10-6-15(7-11-17)4-3-5-22(28)25-18-12-8-16(9-13-18)19-14-20(19)26-23/h6-13,19-20,26H,2-5,14,23H2,1H3,(H,24,27)(H,25,28). The third-order valence-corrected chi connectivity index (χ3v) is 5.06. The van der Waals surface area contributed by atoms with Crippen LogP contribution < -0.4 is 21.9 Å². The van der Waals surface area contributed by atoms with Gasteiger partial charge in [-0.2, -0.15) is 0 Å². The van der Waals surface area contributed by atoms with Crippen LogP contribution in [0.5, 0.6) is 0 Å². The van der Waals surface area contributed by atoms with Crippen molar-refractivity contribution in [2.45, 2.75) is 51.0 Å². The number of anilines is 2. The molecule has 0 aliphatic heterocycles. The number of nitrogens with one attached hydrogen (secondary N) is 3. The summed E-state index contributed by atoms with van der Waals surface area (Å²) in [6.07, 6.45) is 3.59. The molecule has 5 N–H and O–H groups in total. The molecule has 148 valence electrons. The summed E-state index contributed by atoms with van der Waals surface area (Å²) in [5.41, 5.74) is 6.82. The molecule has 2 atom stereocenters. The van der Waals surface area contributed by atoms with Crippen LogP contribution in [0.1, 0.15) is 49.7 Å². The average molecular weight is 380 g/mol. The third kappa shape index (κ3) is 5.65. The van der Waals surface area contributed by atoms with Gasteiger partial charge in [0.25, 0.3) is 0 Å². The Morgan fingerprint density at radius 1 is 0.964 bits per heavy atom. The van der Waals surface area contributed by atoms with E-state index in [1.165, 1.54) is 5.56 Å². The fourth-order valence-corrected chi connectivity index (χ4v) is 3.24. The molecule has 2 amide bonds. The van der Waals surface area contributed by atoms with Crippen LogP contribution in [-0.2, 0) is 16.0 Å². The van der Waals surface area contributed by atoms with Crippen LogP contribution in [0, 0.1) is 0 Å². The molecule has 0 aromatic heterocycles. The fourth-order valence-electron chi connectivity index (χ4n) is 3.24. The lowest BCUT2D eigenvalue weighted by Gasteiger charge is -2.08. The van der Waals surface area contributed by atoms with E-state index >= 15 is 0 Å². The molecular weight excluding hydrogens is 352 g/mol. The van der Waals surface area contributed by atoms with Crippen molar-refractivity contribution in [3.05, 3.63) is 59.7 Å². The number of rotatable bonds is 9. The SMILES string of the molecule is CCC(=O)Nc1ccc(CCCC(=O)Nc2ccc(C3CC3NN)cc2)cc1. The Kier molecular flexibility index (Phi) is 6.79. The summed E-state index contributed by atoms with van der Waals surface area (Å²) in [5, 5.41) is 5.78. The van der Waals surface area contributed by atoms with Crippen LogP contribution in [0.4, 0.5) is 11.4 Å². The molecule has 0 saturated heterocycles. The average Bonchev–Trinajstić information content (AvgIpc) is 3.50. The Labute approximate surface area is 165 Å². The van der Waals surface area contributed by atoms with E-state index in [9.17, 15) is 9.59 Å². The molecule has 1 saturated carbocycles. The molecule has 1 aliphatic carbocycles. The van der Waals surface area contributed by atoms with Crippen molar-refractivity contribution in [2.75, 3.05) is 10.6 Å². The number of nitrogens with two attached hydrogens (primary N) is 1. The number of hydrogen-bond acceptors (Lipinski definition) is 4. The van der Waals surface area contributed by atoms with E-state index in [1.54, 1.807) is 0 Å². The summed E-state index contributed by atoms with van der Waals surface area (Å²) >= 11 is 0. The molecule has 28 heavy (non-hydrogen) atoms. The molecule has 2 aromatic rings. The van der Waals surface area contributed by atoms with Gasteiger partial charge in [0, 0.05) is 36.2 Å². The predicted molar refractivity (Wildman–Crippen MR) is 112 cm³/mol. The first-order valence-electron chi connectivity index (χ1n) is 9.83. The second-order valence-electron chi connectivity index (χ2n) is 7.24. The van der Waals surface area contributed by atoms with E-state index in [0.717, 1.165) is 36.2 Å². The van der Waals surface area contributed by atoms with Gasteiger partial charge in [-0.1, -0.05) is 31.2 Å². The fraction of sp³-hybridized carbons (Fsp3) is 0.364. The topological polar surface area (TPSA) is 96.2 Å². The smallest absolute Gasteiger partial charge is 0.224 e. The van der Waals surface area contributed by atoms with Crippen molar-refractivity contribution in [1.82, 2.24) is 5.43 Å².